The van der Waals surface area contributed by atoms with E-state index in [0.717, 1.165) is 12.1 Å². The molecule has 192 valence electrons. The van der Waals surface area contributed by atoms with E-state index >= 15 is 0 Å². The monoisotopic (exact) mass is 521 g/mol. The van der Waals surface area contributed by atoms with Gasteiger partial charge < -0.3 is 15.3 Å². The SMILES string of the molecule is Cc1cccc(C)c1-c1nc(NS(=O)(=O)c2cccc(N3CCNC(CO)C3)n2)ccc1C(F)(F)F. The molecule has 1 unspecified atom stereocenters. The number of hydrogen-bond donors (Lipinski definition) is 3. The van der Waals surface area contributed by atoms with Gasteiger partial charge in [0.1, 0.15) is 11.6 Å². The zero-order chi connectivity index (χ0) is 26.1. The van der Waals surface area contributed by atoms with Crippen molar-refractivity contribution in [2.24, 2.45) is 0 Å². The number of rotatable bonds is 6. The van der Waals surface area contributed by atoms with Gasteiger partial charge in [0, 0.05) is 31.2 Å². The number of nitrogens with one attached hydrogen (secondary N) is 2. The van der Waals surface area contributed by atoms with Crippen molar-refractivity contribution >= 4 is 21.7 Å². The smallest absolute Gasteiger partial charge is 0.395 e. The Bertz CT molecular complexity index is 1350. The highest BCUT2D eigenvalue weighted by molar-refractivity contribution is 7.92. The van der Waals surface area contributed by atoms with Crippen LogP contribution in [0.3, 0.4) is 0 Å². The number of benzene rings is 1. The van der Waals surface area contributed by atoms with Gasteiger partial charge >= 0.3 is 6.18 Å². The number of aliphatic hydroxyl groups is 1. The molecule has 0 saturated carbocycles. The molecule has 4 rings (SSSR count). The second kappa shape index (κ2) is 10.0. The van der Waals surface area contributed by atoms with Crippen LogP contribution in [0, 0.1) is 13.8 Å². The number of sulfonamides is 1. The summed E-state index contributed by atoms with van der Waals surface area (Å²) < 4.78 is 69.9. The maximum atomic E-state index is 13.8. The summed E-state index contributed by atoms with van der Waals surface area (Å²) in [6.45, 7) is 4.89. The van der Waals surface area contributed by atoms with E-state index in [0.29, 0.717) is 42.1 Å². The molecule has 3 N–H and O–H groups in total. The lowest BCUT2D eigenvalue weighted by Crippen LogP contribution is -2.52. The minimum absolute atomic E-state index is 0.0711. The van der Waals surface area contributed by atoms with Crippen molar-refractivity contribution in [1.29, 1.82) is 0 Å². The highest BCUT2D eigenvalue weighted by Crippen LogP contribution is 2.39. The maximum absolute atomic E-state index is 13.8. The maximum Gasteiger partial charge on any atom is 0.418 e. The fourth-order valence-electron chi connectivity index (χ4n) is 4.20. The quantitative estimate of drug-likeness (QED) is 0.457. The number of alkyl halides is 3. The van der Waals surface area contributed by atoms with Crippen molar-refractivity contribution in [3.8, 4) is 11.3 Å². The zero-order valence-corrected chi connectivity index (χ0v) is 20.5. The first-order valence-corrected chi connectivity index (χ1v) is 12.7. The molecule has 0 aliphatic carbocycles. The Morgan fingerprint density at radius 3 is 2.44 bits per heavy atom. The minimum atomic E-state index is -4.68. The van der Waals surface area contributed by atoms with E-state index in [1.165, 1.54) is 12.1 Å². The Morgan fingerprint density at radius 2 is 1.78 bits per heavy atom. The van der Waals surface area contributed by atoms with Crippen molar-refractivity contribution in [1.82, 2.24) is 15.3 Å². The van der Waals surface area contributed by atoms with Crippen molar-refractivity contribution in [2.75, 3.05) is 35.9 Å². The predicted octanol–water partition coefficient (Wildman–Crippen LogP) is 3.35. The summed E-state index contributed by atoms with van der Waals surface area (Å²) in [5.41, 5.74) is 0.151. The summed E-state index contributed by atoms with van der Waals surface area (Å²) in [6.07, 6.45) is -4.68. The molecule has 2 aromatic heterocycles. The molecule has 1 aliphatic rings. The molecule has 1 aromatic carbocycles. The fourth-order valence-corrected chi connectivity index (χ4v) is 5.16. The van der Waals surface area contributed by atoms with E-state index in [1.807, 2.05) is 4.90 Å². The molecule has 3 aromatic rings. The highest BCUT2D eigenvalue weighted by atomic mass is 32.2. The van der Waals surface area contributed by atoms with Crippen LogP contribution in [0.15, 0.2) is 53.6 Å². The van der Waals surface area contributed by atoms with E-state index in [1.54, 1.807) is 38.1 Å². The van der Waals surface area contributed by atoms with Gasteiger partial charge in [-0.15, -0.1) is 0 Å². The second-order valence-corrected chi connectivity index (χ2v) is 10.2. The number of aliphatic hydroxyl groups excluding tert-OH is 1. The molecule has 1 saturated heterocycles. The molecule has 8 nitrogen and oxygen atoms in total. The normalized spacial score (nSPS) is 16.7. The number of aryl methyl sites for hydroxylation is 2. The number of aromatic nitrogens is 2. The van der Waals surface area contributed by atoms with E-state index in [2.05, 4.69) is 20.0 Å². The predicted molar refractivity (Wildman–Crippen MR) is 130 cm³/mol. The first kappa shape index (κ1) is 25.9. The molecule has 0 amide bonds. The van der Waals surface area contributed by atoms with Gasteiger partial charge in [-0.3, -0.25) is 4.72 Å². The lowest BCUT2D eigenvalue weighted by atomic mass is 9.96. The Balaban J connectivity index is 1.69. The van der Waals surface area contributed by atoms with Gasteiger partial charge in [0.05, 0.1) is 17.9 Å². The number of nitrogens with zero attached hydrogens (tertiary/aromatic N) is 3. The standard InChI is InChI=1S/C24H26F3N5O3S/c1-15-5-3-6-16(2)22(15)23-18(24(25,26)27)9-10-19(29-23)31-36(34,35)21-8-4-7-20(30-21)32-12-11-28-17(13-32)14-33/h3-10,17,28,33H,11-14H2,1-2H3,(H,29,31). The number of pyridine rings is 2. The van der Waals surface area contributed by atoms with Gasteiger partial charge in [0.2, 0.25) is 0 Å². The van der Waals surface area contributed by atoms with Crippen LogP contribution in [0.1, 0.15) is 16.7 Å². The summed E-state index contributed by atoms with van der Waals surface area (Å²) in [7, 11) is -4.26. The lowest BCUT2D eigenvalue weighted by Gasteiger charge is -2.33. The third-order valence-electron chi connectivity index (χ3n) is 5.94. The van der Waals surface area contributed by atoms with Gasteiger partial charge in [0.25, 0.3) is 10.0 Å². The van der Waals surface area contributed by atoms with Gasteiger partial charge in [0.15, 0.2) is 5.03 Å². The van der Waals surface area contributed by atoms with Crippen LogP contribution >= 0.6 is 0 Å². The summed E-state index contributed by atoms with van der Waals surface area (Å²) in [5, 5.41) is 12.3. The molecule has 12 heteroatoms. The van der Waals surface area contributed by atoms with Crippen LogP contribution in [-0.4, -0.2) is 55.8 Å². The van der Waals surface area contributed by atoms with E-state index < -0.39 is 21.8 Å². The molecule has 36 heavy (non-hydrogen) atoms. The van der Waals surface area contributed by atoms with Crippen LogP contribution in [0.4, 0.5) is 24.8 Å². The Morgan fingerprint density at radius 1 is 1.08 bits per heavy atom. The largest absolute Gasteiger partial charge is 0.418 e. The minimum Gasteiger partial charge on any atom is -0.395 e. The fraction of sp³-hybridized carbons (Fsp3) is 0.333. The van der Waals surface area contributed by atoms with Crippen LogP contribution in [0.25, 0.3) is 11.3 Å². The third kappa shape index (κ3) is 5.45. The Hall–Kier alpha value is -3.22. The number of anilines is 2. The topological polar surface area (TPSA) is 107 Å². The first-order valence-electron chi connectivity index (χ1n) is 11.2. The molecule has 1 atom stereocenters. The van der Waals surface area contributed by atoms with Crippen molar-refractivity contribution in [3.05, 3.63) is 65.2 Å². The summed E-state index contributed by atoms with van der Waals surface area (Å²) >= 11 is 0. The lowest BCUT2D eigenvalue weighted by molar-refractivity contribution is -0.137. The number of halogens is 3. The van der Waals surface area contributed by atoms with E-state index in [4.69, 9.17) is 0 Å². The van der Waals surface area contributed by atoms with Gasteiger partial charge in [-0.05, 0) is 49.2 Å². The van der Waals surface area contributed by atoms with Crippen molar-refractivity contribution in [2.45, 2.75) is 31.1 Å². The van der Waals surface area contributed by atoms with Crippen LogP contribution < -0.4 is 14.9 Å². The molecule has 0 spiro atoms. The molecular weight excluding hydrogens is 495 g/mol. The summed E-state index contributed by atoms with van der Waals surface area (Å²) in [6, 6.07) is 11.2. The number of hydrogen-bond acceptors (Lipinski definition) is 7. The highest BCUT2D eigenvalue weighted by Gasteiger charge is 2.35. The van der Waals surface area contributed by atoms with Crippen molar-refractivity contribution < 1.29 is 26.7 Å². The van der Waals surface area contributed by atoms with Crippen LogP contribution in [0.2, 0.25) is 0 Å². The molecule has 3 heterocycles. The van der Waals surface area contributed by atoms with Crippen molar-refractivity contribution in [3.63, 3.8) is 0 Å². The average Bonchev–Trinajstić information content (AvgIpc) is 2.83. The molecule has 1 aliphatic heterocycles. The van der Waals surface area contributed by atoms with Gasteiger partial charge in [-0.2, -0.15) is 21.6 Å². The Kier molecular flexibility index (Phi) is 7.21. The van der Waals surface area contributed by atoms with E-state index in [9.17, 15) is 26.7 Å². The summed E-state index contributed by atoms with van der Waals surface area (Å²) in [5.74, 6) is 0.157. The second-order valence-electron chi connectivity index (χ2n) is 8.58. The third-order valence-corrected chi connectivity index (χ3v) is 7.20. The average molecular weight is 522 g/mol. The molecule has 0 bridgehead atoms. The molecular formula is C24H26F3N5O3S. The van der Waals surface area contributed by atoms with E-state index in [-0.39, 0.29) is 29.2 Å². The van der Waals surface area contributed by atoms with Gasteiger partial charge in [-0.1, -0.05) is 24.3 Å². The number of piperazine rings is 1. The molecule has 0 radical (unpaired) electrons. The van der Waals surface area contributed by atoms with Crippen LogP contribution in [0.5, 0.6) is 0 Å². The first-order chi connectivity index (χ1) is 17.0. The molecule has 1 fully saturated rings. The van der Waals surface area contributed by atoms with Gasteiger partial charge in [-0.25, -0.2) is 9.97 Å². The zero-order valence-electron chi connectivity index (χ0n) is 19.7. The van der Waals surface area contributed by atoms with Crippen LogP contribution in [-0.2, 0) is 16.2 Å². The summed E-state index contributed by atoms with van der Waals surface area (Å²) in [4.78, 5) is 10.2. The Labute approximate surface area is 207 Å².